The Hall–Kier alpha value is -2.25. The van der Waals surface area contributed by atoms with Gasteiger partial charge in [0.1, 0.15) is 0 Å². The third kappa shape index (κ3) is 5.03. The van der Waals surface area contributed by atoms with E-state index in [0.717, 1.165) is 31.5 Å². The van der Waals surface area contributed by atoms with Crippen molar-refractivity contribution in [2.45, 2.75) is 37.5 Å². The summed E-state index contributed by atoms with van der Waals surface area (Å²) in [5.41, 5.74) is 3.84. The number of nitrogens with zero attached hydrogens (tertiary/aromatic N) is 1. The molecule has 0 aliphatic carbocycles. The molecule has 0 aromatic heterocycles. The van der Waals surface area contributed by atoms with Crippen LogP contribution in [0, 0.1) is 0 Å². The van der Waals surface area contributed by atoms with Crippen LogP contribution in [-0.2, 0) is 22.9 Å². The van der Waals surface area contributed by atoms with Gasteiger partial charge in [-0.15, -0.1) is 0 Å². The molecule has 0 spiro atoms. The van der Waals surface area contributed by atoms with Crippen LogP contribution >= 0.6 is 0 Å². The molecule has 1 heterocycles. The van der Waals surface area contributed by atoms with Gasteiger partial charge in [0.2, 0.25) is 10.0 Å². The Morgan fingerprint density at radius 2 is 1.86 bits per heavy atom. The summed E-state index contributed by atoms with van der Waals surface area (Å²) in [5.74, 6) is 0.888. The number of aryl methyl sites for hydroxylation is 1. The topological polar surface area (TPSA) is 67.9 Å². The number of benzene rings is 2. The zero-order valence-corrected chi connectivity index (χ0v) is 18.2. The quantitative estimate of drug-likeness (QED) is 0.676. The van der Waals surface area contributed by atoms with Crippen LogP contribution < -0.4 is 19.1 Å². The van der Waals surface area contributed by atoms with Crippen molar-refractivity contribution in [3.63, 3.8) is 0 Å². The molecule has 3 rings (SSSR count). The fourth-order valence-electron chi connectivity index (χ4n) is 3.78. The van der Waals surface area contributed by atoms with Crippen LogP contribution in [0.3, 0.4) is 0 Å². The molecular formula is C22H30N2O4S. The maximum Gasteiger partial charge on any atom is 0.240 e. The lowest BCUT2D eigenvalue weighted by Gasteiger charge is -2.31. The number of hydrogen-bond acceptors (Lipinski definition) is 5. The summed E-state index contributed by atoms with van der Waals surface area (Å²) in [5, 5.41) is 0. The average Bonchev–Trinajstić information content (AvgIpc) is 2.73. The molecular weight excluding hydrogens is 388 g/mol. The normalized spacial score (nSPS) is 13.8. The Morgan fingerprint density at radius 3 is 2.59 bits per heavy atom. The Kier molecular flexibility index (Phi) is 7.03. The Balaban J connectivity index is 1.65. The highest BCUT2D eigenvalue weighted by atomic mass is 32.2. The highest BCUT2D eigenvalue weighted by molar-refractivity contribution is 7.89. The van der Waals surface area contributed by atoms with Gasteiger partial charge in [-0.05, 0) is 55.0 Å². The van der Waals surface area contributed by atoms with Gasteiger partial charge >= 0.3 is 0 Å². The van der Waals surface area contributed by atoms with E-state index in [1.165, 1.54) is 44.0 Å². The molecule has 0 fully saturated rings. The molecule has 0 atom stereocenters. The maximum absolute atomic E-state index is 12.6. The molecule has 6 nitrogen and oxygen atoms in total. The van der Waals surface area contributed by atoms with Gasteiger partial charge < -0.3 is 14.4 Å². The van der Waals surface area contributed by atoms with Gasteiger partial charge in [-0.2, -0.15) is 0 Å². The lowest BCUT2D eigenvalue weighted by atomic mass is 9.98. The first-order valence-corrected chi connectivity index (χ1v) is 11.5. The van der Waals surface area contributed by atoms with E-state index in [4.69, 9.17) is 9.47 Å². The summed E-state index contributed by atoms with van der Waals surface area (Å²) in [6, 6.07) is 11.1. The first kappa shape index (κ1) is 21.5. The number of rotatable bonds is 9. The number of anilines is 1. The highest BCUT2D eigenvalue weighted by Crippen LogP contribution is 2.30. The third-order valence-electron chi connectivity index (χ3n) is 5.22. The second-order valence-corrected chi connectivity index (χ2v) is 8.99. The van der Waals surface area contributed by atoms with Crippen molar-refractivity contribution in [2.75, 3.05) is 38.8 Å². The second kappa shape index (κ2) is 9.50. The van der Waals surface area contributed by atoms with Crippen molar-refractivity contribution < 1.29 is 17.9 Å². The van der Waals surface area contributed by atoms with Crippen LogP contribution in [-0.4, -0.2) is 42.3 Å². The first-order chi connectivity index (χ1) is 14.0. The fraction of sp³-hybridized carbons (Fsp3) is 0.455. The summed E-state index contributed by atoms with van der Waals surface area (Å²) in [6.07, 6.45) is 4.04. The molecule has 0 unspecified atom stereocenters. The zero-order valence-electron chi connectivity index (χ0n) is 17.4. The lowest BCUT2D eigenvalue weighted by molar-refractivity contribution is 0.354. The predicted molar refractivity (Wildman–Crippen MR) is 116 cm³/mol. The van der Waals surface area contributed by atoms with Crippen LogP contribution in [0.5, 0.6) is 11.5 Å². The zero-order chi connectivity index (χ0) is 20.9. The molecule has 1 aliphatic rings. The molecule has 0 bridgehead atoms. The van der Waals surface area contributed by atoms with Crippen LogP contribution in [0.1, 0.15) is 30.9 Å². The van der Waals surface area contributed by atoms with Gasteiger partial charge in [0, 0.05) is 31.4 Å². The first-order valence-electron chi connectivity index (χ1n) is 10.1. The van der Waals surface area contributed by atoms with Crippen molar-refractivity contribution in [3.8, 4) is 11.5 Å². The van der Waals surface area contributed by atoms with E-state index >= 15 is 0 Å². The van der Waals surface area contributed by atoms with Crippen LogP contribution in [0.2, 0.25) is 0 Å². The van der Waals surface area contributed by atoms with Crippen molar-refractivity contribution in [1.82, 2.24) is 4.72 Å². The SMILES string of the molecule is CCCN1CCCc2cc(CCNS(=O)(=O)c3ccc(OC)c(OC)c3)ccc21. The van der Waals surface area contributed by atoms with Gasteiger partial charge in [0.25, 0.3) is 0 Å². The molecule has 1 aliphatic heterocycles. The molecule has 0 saturated carbocycles. The van der Waals surface area contributed by atoms with E-state index in [0.29, 0.717) is 24.5 Å². The van der Waals surface area contributed by atoms with Gasteiger partial charge in [-0.1, -0.05) is 19.1 Å². The van der Waals surface area contributed by atoms with E-state index in [1.54, 1.807) is 6.07 Å². The Labute approximate surface area is 173 Å². The van der Waals surface area contributed by atoms with Gasteiger partial charge in [0.15, 0.2) is 11.5 Å². The largest absolute Gasteiger partial charge is 0.493 e. The van der Waals surface area contributed by atoms with Crippen molar-refractivity contribution in [2.24, 2.45) is 0 Å². The molecule has 0 saturated heterocycles. The van der Waals surface area contributed by atoms with Crippen LogP contribution in [0.25, 0.3) is 0 Å². The minimum atomic E-state index is -3.62. The molecule has 0 radical (unpaired) electrons. The molecule has 2 aromatic carbocycles. The smallest absolute Gasteiger partial charge is 0.240 e. The maximum atomic E-state index is 12.6. The number of nitrogens with one attached hydrogen (secondary N) is 1. The molecule has 1 N–H and O–H groups in total. The van der Waals surface area contributed by atoms with E-state index in [2.05, 4.69) is 34.7 Å². The Bertz CT molecular complexity index is 944. The molecule has 29 heavy (non-hydrogen) atoms. The van der Waals surface area contributed by atoms with E-state index in [9.17, 15) is 8.42 Å². The number of sulfonamides is 1. The summed E-state index contributed by atoms with van der Waals surface area (Å²) >= 11 is 0. The van der Waals surface area contributed by atoms with Crippen LogP contribution in [0.15, 0.2) is 41.3 Å². The fourth-order valence-corrected chi connectivity index (χ4v) is 4.83. The minimum Gasteiger partial charge on any atom is -0.493 e. The standard InChI is InChI=1S/C22H30N2O4S/c1-4-13-24-14-5-6-18-15-17(7-9-20(18)24)11-12-23-29(25,26)19-8-10-21(27-2)22(16-19)28-3/h7-10,15-16,23H,4-6,11-14H2,1-3H3. The molecule has 2 aromatic rings. The lowest BCUT2D eigenvalue weighted by Crippen LogP contribution is -2.30. The molecule has 158 valence electrons. The third-order valence-corrected chi connectivity index (χ3v) is 6.68. The van der Waals surface area contributed by atoms with E-state index in [1.807, 2.05) is 0 Å². The number of hydrogen-bond donors (Lipinski definition) is 1. The second-order valence-electron chi connectivity index (χ2n) is 7.22. The summed E-state index contributed by atoms with van der Waals surface area (Å²) in [4.78, 5) is 2.61. The van der Waals surface area contributed by atoms with Crippen molar-refractivity contribution in [3.05, 3.63) is 47.5 Å². The molecule has 0 amide bonds. The number of methoxy groups -OCH3 is 2. The summed E-state index contributed by atoms with van der Waals surface area (Å²) in [6.45, 7) is 4.74. The monoisotopic (exact) mass is 418 g/mol. The average molecular weight is 419 g/mol. The number of fused-ring (bicyclic) bond motifs is 1. The van der Waals surface area contributed by atoms with E-state index < -0.39 is 10.0 Å². The summed E-state index contributed by atoms with van der Waals surface area (Å²) < 4.78 is 38.3. The Morgan fingerprint density at radius 1 is 1.07 bits per heavy atom. The highest BCUT2D eigenvalue weighted by Gasteiger charge is 2.18. The van der Waals surface area contributed by atoms with Crippen LogP contribution in [0.4, 0.5) is 5.69 Å². The number of ether oxygens (including phenoxy) is 2. The van der Waals surface area contributed by atoms with Crippen molar-refractivity contribution in [1.29, 1.82) is 0 Å². The van der Waals surface area contributed by atoms with Gasteiger partial charge in [-0.3, -0.25) is 0 Å². The van der Waals surface area contributed by atoms with Crippen molar-refractivity contribution >= 4 is 15.7 Å². The molecule has 7 heteroatoms. The minimum absolute atomic E-state index is 0.163. The van der Waals surface area contributed by atoms with Gasteiger partial charge in [0.05, 0.1) is 19.1 Å². The van der Waals surface area contributed by atoms with E-state index in [-0.39, 0.29) is 4.90 Å². The summed E-state index contributed by atoms with van der Waals surface area (Å²) in [7, 11) is -0.612. The van der Waals surface area contributed by atoms with Gasteiger partial charge in [-0.25, -0.2) is 13.1 Å². The predicted octanol–water partition coefficient (Wildman–Crippen LogP) is 3.39.